The lowest BCUT2D eigenvalue weighted by molar-refractivity contribution is 0.0569. The highest BCUT2D eigenvalue weighted by Gasteiger charge is 2.35. The molecular formula is C14H16N2O3S. The zero-order valence-corrected chi connectivity index (χ0v) is 12.2. The van der Waals surface area contributed by atoms with Crippen molar-refractivity contribution in [2.24, 2.45) is 0 Å². The average molecular weight is 292 g/mol. The van der Waals surface area contributed by atoms with Crippen LogP contribution in [0.1, 0.15) is 28.7 Å². The Morgan fingerprint density at radius 2 is 2.40 bits per heavy atom. The SMILES string of the molecule is Cc1sc(-c2ccco2)nc1C(=O)N1CCC(C)(O)C1. The van der Waals surface area contributed by atoms with Crippen molar-refractivity contribution in [2.45, 2.75) is 25.9 Å². The summed E-state index contributed by atoms with van der Waals surface area (Å²) in [6.07, 6.45) is 2.19. The molecule has 0 spiro atoms. The van der Waals surface area contributed by atoms with E-state index in [1.807, 2.05) is 13.0 Å². The number of hydrogen-bond donors (Lipinski definition) is 1. The number of nitrogens with zero attached hydrogens (tertiary/aromatic N) is 2. The second-order valence-electron chi connectivity index (χ2n) is 5.37. The van der Waals surface area contributed by atoms with E-state index in [0.717, 1.165) is 4.88 Å². The van der Waals surface area contributed by atoms with Crippen LogP contribution >= 0.6 is 11.3 Å². The Kier molecular flexibility index (Phi) is 3.14. The Labute approximate surface area is 120 Å². The third-order valence-electron chi connectivity index (χ3n) is 3.47. The maximum atomic E-state index is 12.5. The minimum absolute atomic E-state index is 0.116. The van der Waals surface area contributed by atoms with Crippen LogP contribution in [-0.2, 0) is 0 Å². The summed E-state index contributed by atoms with van der Waals surface area (Å²) in [5.41, 5.74) is -0.331. The molecule has 0 aliphatic carbocycles. The molecule has 106 valence electrons. The van der Waals surface area contributed by atoms with Gasteiger partial charge in [-0.25, -0.2) is 4.98 Å². The molecule has 1 unspecified atom stereocenters. The van der Waals surface area contributed by atoms with Gasteiger partial charge in [0.25, 0.3) is 5.91 Å². The number of amides is 1. The zero-order valence-electron chi connectivity index (χ0n) is 11.4. The molecule has 1 amide bonds. The van der Waals surface area contributed by atoms with Gasteiger partial charge in [0.15, 0.2) is 10.8 Å². The Balaban J connectivity index is 1.86. The average Bonchev–Trinajstić information content (AvgIpc) is 3.07. The van der Waals surface area contributed by atoms with E-state index in [9.17, 15) is 9.90 Å². The van der Waals surface area contributed by atoms with Crippen molar-refractivity contribution in [3.63, 3.8) is 0 Å². The van der Waals surface area contributed by atoms with E-state index in [2.05, 4.69) is 4.98 Å². The van der Waals surface area contributed by atoms with E-state index in [-0.39, 0.29) is 5.91 Å². The number of aliphatic hydroxyl groups is 1. The summed E-state index contributed by atoms with van der Waals surface area (Å²) in [5, 5.41) is 10.7. The molecule has 5 nitrogen and oxygen atoms in total. The topological polar surface area (TPSA) is 66.6 Å². The van der Waals surface area contributed by atoms with Gasteiger partial charge in [0.05, 0.1) is 11.9 Å². The summed E-state index contributed by atoms with van der Waals surface area (Å²) in [6.45, 7) is 4.56. The van der Waals surface area contributed by atoms with Gasteiger partial charge in [0.2, 0.25) is 0 Å². The standard InChI is InChI=1S/C14H16N2O3S/c1-9-11(13(17)16-6-5-14(2,18)8-16)15-12(20-9)10-4-3-7-19-10/h3-4,7,18H,5-6,8H2,1-2H3. The molecule has 0 radical (unpaired) electrons. The lowest BCUT2D eigenvalue weighted by Crippen LogP contribution is -2.34. The molecule has 1 N–H and O–H groups in total. The summed E-state index contributed by atoms with van der Waals surface area (Å²) >= 11 is 1.44. The maximum absolute atomic E-state index is 12.5. The number of β-amino-alcohol motifs (C(OH)–C–C–N with tert-alkyl or cyclic N) is 1. The molecule has 1 atom stereocenters. The highest BCUT2D eigenvalue weighted by Crippen LogP contribution is 2.30. The number of thiazole rings is 1. The lowest BCUT2D eigenvalue weighted by atomic mass is 10.1. The van der Waals surface area contributed by atoms with E-state index >= 15 is 0 Å². The molecule has 0 aromatic carbocycles. The first-order valence-electron chi connectivity index (χ1n) is 6.49. The van der Waals surface area contributed by atoms with E-state index in [1.54, 1.807) is 24.2 Å². The molecule has 6 heteroatoms. The third-order valence-corrected chi connectivity index (χ3v) is 4.46. The minimum Gasteiger partial charge on any atom is -0.462 e. The molecule has 0 bridgehead atoms. The van der Waals surface area contributed by atoms with Crippen LogP contribution in [0.3, 0.4) is 0 Å². The van der Waals surface area contributed by atoms with Gasteiger partial charge in [-0.05, 0) is 32.4 Å². The van der Waals surface area contributed by atoms with Gasteiger partial charge in [-0.15, -0.1) is 11.3 Å². The largest absolute Gasteiger partial charge is 0.462 e. The number of likely N-dealkylation sites (tertiary alicyclic amines) is 1. The fourth-order valence-corrected chi connectivity index (χ4v) is 3.24. The van der Waals surface area contributed by atoms with Crippen LogP contribution in [0.15, 0.2) is 22.8 Å². The number of carbonyl (C=O) groups excluding carboxylic acids is 1. The zero-order chi connectivity index (χ0) is 14.3. The van der Waals surface area contributed by atoms with Crippen molar-refractivity contribution in [1.82, 2.24) is 9.88 Å². The van der Waals surface area contributed by atoms with Gasteiger partial charge in [0.1, 0.15) is 5.69 Å². The number of aryl methyl sites for hydroxylation is 1. The summed E-state index contributed by atoms with van der Waals surface area (Å²) in [4.78, 5) is 19.4. The van der Waals surface area contributed by atoms with Crippen LogP contribution in [0.5, 0.6) is 0 Å². The molecule has 20 heavy (non-hydrogen) atoms. The smallest absolute Gasteiger partial charge is 0.273 e. The van der Waals surface area contributed by atoms with Crippen molar-refractivity contribution in [1.29, 1.82) is 0 Å². The Morgan fingerprint density at radius 3 is 3.00 bits per heavy atom. The van der Waals surface area contributed by atoms with Crippen molar-refractivity contribution in [2.75, 3.05) is 13.1 Å². The molecule has 3 rings (SSSR count). The van der Waals surface area contributed by atoms with E-state index in [0.29, 0.717) is 36.0 Å². The predicted molar refractivity (Wildman–Crippen MR) is 75.7 cm³/mol. The Morgan fingerprint density at radius 1 is 1.60 bits per heavy atom. The quantitative estimate of drug-likeness (QED) is 0.922. The summed E-state index contributed by atoms with van der Waals surface area (Å²) in [7, 11) is 0. The van der Waals surface area contributed by atoms with Gasteiger partial charge < -0.3 is 14.4 Å². The van der Waals surface area contributed by atoms with Crippen LogP contribution in [0, 0.1) is 6.92 Å². The Bertz CT molecular complexity index is 631. The lowest BCUT2D eigenvalue weighted by Gasteiger charge is -2.18. The van der Waals surface area contributed by atoms with Crippen molar-refractivity contribution < 1.29 is 14.3 Å². The monoisotopic (exact) mass is 292 g/mol. The number of furan rings is 1. The molecule has 0 saturated carbocycles. The maximum Gasteiger partial charge on any atom is 0.273 e. The fraction of sp³-hybridized carbons (Fsp3) is 0.429. The van der Waals surface area contributed by atoms with E-state index in [1.165, 1.54) is 11.3 Å². The van der Waals surface area contributed by atoms with Crippen LogP contribution in [0.25, 0.3) is 10.8 Å². The van der Waals surface area contributed by atoms with Gasteiger partial charge in [0, 0.05) is 18.0 Å². The summed E-state index contributed by atoms with van der Waals surface area (Å²) < 4.78 is 5.31. The summed E-state index contributed by atoms with van der Waals surface area (Å²) in [5.74, 6) is 0.555. The Hall–Kier alpha value is -1.66. The van der Waals surface area contributed by atoms with Crippen molar-refractivity contribution >= 4 is 17.2 Å². The van der Waals surface area contributed by atoms with Gasteiger partial charge >= 0.3 is 0 Å². The van der Waals surface area contributed by atoms with Gasteiger partial charge in [-0.1, -0.05) is 0 Å². The van der Waals surface area contributed by atoms with Crippen molar-refractivity contribution in [3.05, 3.63) is 29.0 Å². The predicted octanol–water partition coefficient (Wildman–Crippen LogP) is 2.31. The van der Waals surface area contributed by atoms with Gasteiger partial charge in [-0.3, -0.25) is 4.79 Å². The normalized spacial score (nSPS) is 22.4. The second kappa shape index (κ2) is 4.71. The number of rotatable bonds is 2. The fourth-order valence-electron chi connectivity index (χ4n) is 2.37. The second-order valence-corrected chi connectivity index (χ2v) is 6.58. The molecule has 2 aromatic heterocycles. The van der Waals surface area contributed by atoms with Crippen LogP contribution in [-0.4, -0.2) is 39.6 Å². The number of hydrogen-bond acceptors (Lipinski definition) is 5. The number of aromatic nitrogens is 1. The first-order valence-corrected chi connectivity index (χ1v) is 7.31. The molecule has 1 fully saturated rings. The van der Waals surface area contributed by atoms with Crippen molar-refractivity contribution in [3.8, 4) is 10.8 Å². The van der Waals surface area contributed by atoms with Crippen LogP contribution < -0.4 is 0 Å². The number of carbonyl (C=O) groups is 1. The highest BCUT2D eigenvalue weighted by molar-refractivity contribution is 7.15. The molecule has 1 saturated heterocycles. The first-order chi connectivity index (χ1) is 9.46. The molecule has 2 aromatic rings. The van der Waals surface area contributed by atoms with E-state index < -0.39 is 5.60 Å². The highest BCUT2D eigenvalue weighted by atomic mass is 32.1. The van der Waals surface area contributed by atoms with Crippen LogP contribution in [0.4, 0.5) is 0 Å². The van der Waals surface area contributed by atoms with Gasteiger partial charge in [-0.2, -0.15) is 0 Å². The molecule has 1 aliphatic heterocycles. The molecule has 1 aliphatic rings. The van der Waals surface area contributed by atoms with E-state index in [4.69, 9.17) is 4.42 Å². The molecule has 3 heterocycles. The van der Waals surface area contributed by atoms with Crippen LogP contribution in [0.2, 0.25) is 0 Å². The summed E-state index contributed by atoms with van der Waals surface area (Å²) in [6, 6.07) is 3.62. The first kappa shape index (κ1) is 13.3. The third kappa shape index (κ3) is 2.36. The minimum atomic E-state index is -0.788. The molecular weight excluding hydrogens is 276 g/mol.